The van der Waals surface area contributed by atoms with Crippen LogP contribution < -0.4 is 15.4 Å². The minimum Gasteiger partial charge on any atom is -0.496 e. The highest BCUT2D eigenvalue weighted by atomic mass is 127. The predicted molar refractivity (Wildman–Crippen MR) is 91.9 cm³/mol. The predicted octanol–water partition coefficient (Wildman–Crippen LogP) is 3.04. The highest BCUT2D eigenvalue weighted by Crippen LogP contribution is 2.23. The van der Waals surface area contributed by atoms with E-state index in [0.717, 1.165) is 30.4 Å². The number of guanidine groups is 1. The van der Waals surface area contributed by atoms with Crippen LogP contribution in [-0.4, -0.2) is 26.2 Å². The van der Waals surface area contributed by atoms with Crippen molar-refractivity contribution in [2.75, 3.05) is 20.2 Å². The normalized spacial score (nSPS) is 9.26. The molecule has 4 nitrogen and oxygen atoms in total. The minimum absolute atomic E-state index is 0. The zero-order chi connectivity index (χ0) is 13.4. The van der Waals surface area contributed by atoms with Gasteiger partial charge in [-0.05, 0) is 26.0 Å². The standard InChI is InChI=1S/C13H20ClN3O.HI/c1-4-15-13(16-5-2)17-9-10-6-7-11(14)8-12(10)18-3;/h6-8H,4-5,9H2,1-3H3,(H2,15,16,17);1H. The van der Waals surface area contributed by atoms with Gasteiger partial charge in [0.05, 0.1) is 13.7 Å². The average Bonchev–Trinajstić information content (AvgIpc) is 2.37. The Bertz CT molecular complexity index is 405. The zero-order valence-corrected chi connectivity index (χ0v) is 14.6. The molecule has 0 atom stereocenters. The van der Waals surface area contributed by atoms with E-state index in [1.54, 1.807) is 13.2 Å². The van der Waals surface area contributed by atoms with Gasteiger partial charge in [0.15, 0.2) is 5.96 Å². The summed E-state index contributed by atoms with van der Waals surface area (Å²) >= 11 is 5.92. The Morgan fingerprint density at radius 3 is 2.42 bits per heavy atom. The Morgan fingerprint density at radius 1 is 1.26 bits per heavy atom. The van der Waals surface area contributed by atoms with Crippen LogP contribution in [0.3, 0.4) is 0 Å². The second-order valence-electron chi connectivity index (χ2n) is 3.68. The Kier molecular flexibility index (Phi) is 9.77. The maximum atomic E-state index is 5.92. The van der Waals surface area contributed by atoms with E-state index in [-0.39, 0.29) is 24.0 Å². The van der Waals surface area contributed by atoms with Gasteiger partial charge >= 0.3 is 0 Å². The molecule has 0 unspecified atom stereocenters. The molecule has 6 heteroatoms. The number of ether oxygens (including phenoxy) is 1. The molecule has 0 spiro atoms. The highest BCUT2D eigenvalue weighted by molar-refractivity contribution is 14.0. The first kappa shape index (κ1) is 18.3. The van der Waals surface area contributed by atoms with Crippen molar-refractivity contribution >= 4 is 41.5 Å². The summed E-state index contributed by atoms with van der Waals surface area (Å²) in [7, 11) is 1.63. The molecule has 0 radical (unpaired) electrons. The van der Waals surface area contributed by atoms with Gasteiger partial charge in [-0.15, -0.1) is 24.0 Å². The molecule has 0 aliphatic rings. The summed E-state index contributed by atoms with van der Waals surface area (Å²) in [6.07, 6.45) is 0. The quantitative estimate of drug-likeness (QED) is 0.456. The lowest BCUT2D eigenvalue weighted by Crippen LogP contribution is -2.36. The molecule has 0 heterocycles. The maximum Gasteiger partial charge on any atom is 0.191 e. The van der Waals surface area contributed by atoms with Crippen LogP contribution in [0.15, 0.2) is 23.2 Å². The first-order chi connectivity index (χ1) is 8.71. The fraction of sp³-hybridized carbons (Fsp3) is 0.462. The summed E-state index contributed by atoms with van der Waals surface area (Å²) in [6, 6.07) is 5.57. The lowest BCUT2D eigenvalue weighted by molar-refractivity contribution is 0.410. The van der Waals surface area contributed by atoms with Crippen molar-refractivity contribution < 1.29 is 4.74 Å². The molecule has 0 amide bonds. The first-order valence-corrected chi connectivity index (χ1v) is 6.43. The number of hydrogen-bond acceptors (Lipinski definition) is 2. The van der Waals surface area contributed by atoms with Crippen molar-refractivity contribution in [1.82, 2.24) is 10.6 Å². The molecule has 0 saturated heterocycles. The van der Waals surface area contributed by atoms with Crippen molar-refractivity contribution in [2.24, 2.45) is 4.99 Å². The summed E-state index contributed by atoms with van der Waals surface area (Å²) in [5, 5.41) is 7.01. The number of halogens is 2. The largest absolute Gasteiger partial charge is 0.496 e. The first-order valence-electron chi connectivity index (χ1n) is 6.05. The van der Waals surface area contributed by atoms with Crippen LogP contribution >= 0.6 is 35.6 Å². The van der Waals surface area contributed by atoms with Crippen LogP contribution in [0.1, 0.15) is 19.4 Å². The summed E-state index contributed by atoms with van der Waals surface area (Å²) in [6.45, 7) is 6.30. The third-order valence-electron chi connectivity index (χ3n) is 2.35. The molecule has 0 bridgehead atoms. The highest BCUT2D eigenvalue weighted by Gasteiger charge is 2.03. The van der Waals surface area contributed by atoms with Crippen LogP contribution in [0.25, 0.3) is 0 Å². The fourth-order valence-corrected chi connectivity index (χ4v) is 1.68. The van der Waals surface area contributed by atoms with Crippen molar-refractivity contribution in [3.8, 4) is 5.75 Å². The molecule has 1 aromatic rings. The Labute approximate surface area is 137 Å². The molecule has 2 N–H and O–H groups in total. The van der Waals surface area contributed by atoms with Crippen molar-refractivity contribution in [3.05, 3.63) is 28.8 Å². The van der Waals surface area contributed by atoms with Gasteiger partial charge in [0.2, 0.25) is 0 Å². The van der Waals surface area contributed by atoms with E-state index in [1.165, 1.54) is 0 Å². The van der Waals surface area contributed by atoms with E-state index >= 15 is 0 Å². The fourth-order valence-electron chi connectivity index (χ4n) is 1.52. The summed E-state index contributed by atoms with van der Waals surface area (Å²) in [5.74, 6) is 1.57. The van der Waals surface area contributed by atoms with Crippen LogP contribution in [0, 0.1) is 0 Å². The second kappa shape index (κ2) is 10.1. The third-order valence-corrected chi connectivity index (χ3v) is 2.58. The van der Waals surface area contributed by atoms with Gasteiger partial charge in [-0.2, -0.15) is 0 Å². The molecule has 0 saturated carbocycles. The Hall–Kier alpha value is -0.690. The smallest absolute Gasteiger partial charge is 0.191 e. The van der Waals surface area contributed by atoms with E-state index in [4.69, 9.17) is 16.3 Å². The molecule has 1 aromatic carbocycles. The molecule has 0 aromatic heterocycles. The number of methoxy groups -OCH3 is 1. The number of nitrogens with one attached hydrogen (secondary N) is 2. The van der Waals surface area contributed by atoms with Crippen molar-refractivity contribution in [2.45, 2.75) is 20.4 Å². The molecule has 0 aliphatic carbocycles. The summed E-state index contributed by atoms with van der Waals surface area (Å²) in [4.78, 5) is 4.48. The zero-order valence-electron chi connectivity index (χ0n) is 11.5. The van der Waals surface area contributed by atoms with E-state index in [0.29, 0.717) is 11.6 Å². The number of benzene rings is 1. The van der Waals surface area contributed by atoms with E-state index in [9.17, 15) is 0 Å². The van der Waals surface area contributed by atoms with E-state index < -0.39 is 0 Å². The number of aliphatic imine (C=N–C) groups is 1. The van der Waals surface area contributed by atoms with Gasteiger partial charge in [-0.1, -0.05) is 17.7 Å². The number of rotatable bonds is 5. The number of hydrogen-bond donors (Lipinski definition) is 2. The second-order valence-corrected chi connectivity index (χ2v) is 4.12. The van der Waals surface area contributed by atoms with Gasteiger partial charge in [0.1, 0.15) is 5.75 Å². The number of nitrogens with zero attached hydrogens (tertiary/aromatic N) is 1. The lowest BCUT2D eigenvalue weighted by Gasteiger charge is -2.10. The summed E-state index contributed by atoms with van der Waals surface area (Å²) < 4.78 is 5.28. The van der Waals surface area contributed by atoms with Gasteiger partial charge in [0, 0.05) is 23.7 Å². The SMILES string of the molecule is CCNC(=NCc1ccc(Cl)cc1OC)NCC.I. The molecular formula is C13H21ClIN3O. The van der Waals surface area contributed by atoms with Crippen LogP contribution in [-0.2, 0) is 6.54 Å². The van der Waals surface area contributed by atoms with Crippen molar-refractivity contribution in [1.29, 1.82) is 0 Å². The molecule has 0 aliphatic heterocycles. The van der Waals surface area contributed by atoms with E-state index in [2.05, 4.69) is 15.6 Å². The van der Waals surface area contributed by atoms with Crippen LogP contribution in [0.5, 0.6) is 5.75 Å². The lowest BCUT2D eigenvalue weighted by atomic mass is 10.2. The van der Waals surface area contributed by atoms with Crippen LogP contribution in [0.2, 0.25) is 5.02 Å². The van der Waals surface area contributed by atoms with Gasteiger partial charge in [0.25, 0.3) is 0 Å². The molecule has 1 rings (SSSR count). The van der Waals surface area contributed by atoms with E-state index in [1.807, 2.05) is 26.0 Å². The Balaban J connectivity index is 0.00000324. The van der Waals surface area contributed by atoms with Gasteiger partial charge in [-0.25, -0.2) is 4.99 Å². The van der Waals surface area contributed by atoms with Gasteiger partial charge in [-0.3, -0.25) is 0 Å². The van der Waals surface area contributed by atoms with Crippen LogP contribution in [0.4, 0.5) is 0 Å². The molecule has 108 valence electrons. The molecule has 0 fully saturated rings. The summed E-state index contributed by atoms with van der Waals surface area (Å²) in [5.41, 5.74) is 1.01. The molecule has 19 heavy (non-hydrogen) atoms. The molecular weight excluding hydrogens is 377 g/mol. The Morgan fingerprint density at radius 2 is 1.89 bits per heavy atom. The maximum absolute atomic E-state index is 5.92. The van der Waals surface area contributed by atoms with Gasteiger partial charge < -0.3 is 15.4 Å². The van der Waals surface area contributed by atoms with Crippen molar-refractivity contribution in [3.63, 3.8) is 0 Å². The average molecular weight is 398 g/mol. The monoisotopic (exact) mass is 397 g/mol. The topological polar surface area (TPSA) is 45.7 Å². The minimum atomic E-state index is 0. The third kappa shape index (κ3) is 6.33.